The van der Waals surface area contributed by atoms with Crippen molar-refractivity contribution >= 4 is 40.4 Å². The van der Waals surface area contributed by atoms with Crippen LogP contribution in [0.5, 0.6) is 0 Å². The summed E-state index contributed by atoms with van der Waals surface area (Å²) in [6, 6.07) is 19.3. The van der Waals surface area contributed by atoms with Crippen LogP contribution in [0.15, 0.2) is 73.3 Å². The first-order valence-electron chi connectivity index (χ1n) is 14.2. The zero-order valence-electron chi connectivity index (χ0n) is 25.1. The number of nitrogens with one attached hydrogen (secondary N) is 2. The van der Waals surface area contributed by atoms with Gasteiger partial charge in [-0.3, -0.25) is 9.59 Å². The second-order valence-corrected chi connectivity index (χ2v) is 11.7. The number of hydrogen-bond acceptors (Lipinski definition) is 4. The molecule has 0 saturated heterocycles. The molecule has 7 nitrogen and oxygen atoms in total. The third kappa shape index (κ3) is 8.93. The summed E-state index contributed by atoms with van der Waals surface area (Å²) in [5, 5.41) is 7.88. The lowest BCUT2D eigenvalue weighted by Gasteiger charge is -2.35. The lowest BCUT2D eigenvalue weighted by atomic mass is 9.97. The summed E-state index contributed by atoms with van der Waals surface area (Å²) in [5.74, 6) is -0.575. The van der Waals surface area contributed by atoms with Crippen molar-refractivity contribution in [3.63, 3.8) is 0 Å². The van der Waals surface area contributed by atoms with Crippen molar-refractivity contribution in [2.75, 3.05) is 11.9 Å². The lowest BCUT2D eigenvalue weighted by Crippen LogP contribution is -2.53. The maximum absolute atomic E-state index is 14.2. The zero-order chi connectivity index (χ0) is 30.2. The molecule has 0 aliphatic carbocycles. The fourth-order valence-electron chi connectivity index (χ4n) is 4.76. The van der Waals surface area contributed by atoms with E-state index < -0.39 is 23.8 Å². The van der Waals surface area contributed by atoms with Gasteiger partial charge >= 0.3 is 6.09 Å². The summed E-state index contributed by atoms with van der Waals surface area (Å²) < 4.78 is 5.47. The number of fused-ring (bicyclic) bond motifs is 1. The molecule has 41 heavy (non-hydrogen) atoms. The minimum Gasteiger partial charge on any atom is -0.444 e. The first-order chi connectivity index (χ1) is 19.4. The molecule has 2 unspecified atom stereocenters. The smallest absolute Gasteiger partial charge is 0.408 e. The number of hydrogen-bond donors (Lipinski definition) is 2. The van der Waals surface area contributed by atoms with Gasteiger partial charge in [0.25, 0.3) is 5.91 Å². The number of rotatable bonds is 11. The van der Waals surface area contributed by atoms with Gasteiger partial charge in [-0.05, 0) is 79.6 Å². The number of carbonyl (C=O) groups is 3. The SMILES string of the molecule is C=Cc1cccc(C(C(=O)Nc2ccc3ccccc3c2)N(CCC)C(=O)C(CC(C)C)NC(=O)OC(C)(C)C)c1. The minimum absolute atomic E-state index is 0.108. The van der Waals surface area contributed by atoms with Crippen molar-refractivity contribution in [3.05, 3.63) is 84.4 Å². The molecule has 0 aromatic heterocycles. The van der Waals surface area contributed by atoms with E-state index >= 15 is 0 Å². The van der Waals surface area contributed by atoms with Crippen LogP contribution in [0, 0.1) is 5.92 Å². The summed E-state index contributed by atoms with van der Waals surface area (Å²) in [4.78, 5) is 42.6. The average Bonchev–Trinajstić information content (AvgIpc) is 2.90. The summed E-state index contributed by atoms with van der Waals surface area (Å²) in [6.07, 6.45) is 2.05. The number of carbonyl (C=O) groups excluding carboxylic acids is 3. The first kappa shape index (κ1) is 31.4. The van der Waals surface area contributed by atoms with E-state index in [1.807, 2.05) is 87.5 Å². The number of amides is 3. The second-order valence-electron chi connectivity index (χ2n) is 11.7. The van der Waals surface area contributed by atoms with Crippen molar-refractivity contribution in [2.45, 2.75) is 72.1 Å². The molecular weight excluding hydrogens is 514 g/mol. The van der Waals surface area contributed by atoms with E-state index in [1.165, 1.54) is 0 Å². The van der Waals surface area contributed by atoms with E-state index in [1.54, 1.807) is 31.7 Å². The summed E-state index contributed by atoms with van der Waals surface area (Å²) >= 11 is 0. The standard InChI is InChI=1S/C34H43N3O4/c1-8-19-37(32(39)29(20-23(3)4)36-33(40)41-34(5,6)7)30(27-16-12-13-24(9-2)21-27)31(38)35-28-18-17-25-14-10-11-15-26(25)22-28/h9-18,21-23,29-30H,2,8,19-20H2,1,3-7H3,(H,35,38)(H,36,40). The highest BCUT2D eigenvalue weighted by molar-refractivity contribution is 6.00. The summed E-state index contributed by atoms with van der Waals surface area (Å²) in [7, 11) is 0. The fraction of sp³-hybridized carbons (Fsp3) is 0.382. The van der Waals surface area contributed by atoms with Gasteiger partial charge in [0.05, 0.1) is 0 Å². The molecule has 2 N–H and O–H groups in total. The molecule has 7 heteroatoms. The molecule has 3 rings (SSSR count). The van der Waals surface area contributed by atoms with Crippen LogP contribution in [-0.2, 0) is 14.3 Å². The van der Waals surface area contributed by atoms with Crippen LogP contribution in [-0.4, -0.2) is 41.0 Å². The molecule has 2 atom stereocenters. The van der Waals surface area contributed by atoms with Gasteiger partial charge in [-0.2, -0.15) is 0 Å². The Morgan fingerprint density at radius 1 is 0.976 bits per heavy atom. The Balaban J connectivity index is 2.03. The van der Waals surface area contributed by atoms with Crippen LogP contribution in [0.25, 0.3) is 16.8 Å². The number of nitrogens with zero attached hydrogens (tertiary/aromatic N) is 1. The van der Waals surface area contributed by atoms with E-state index in [2.05, 4.69) is 17.2 Å². The normalized spacial score (nSPS) is 12.9. The van der Waals surface area contributed by atoms with Crippen LogP contribution in [0.3, 0.4) is 0 Å². The van der Waals surface area contributed by atoms with Gasteiger partial charge in [0, 0.05) is 12.2 Å². The minimum atomic E-state index is -0.941. The van der Waals surface area contributed by atoms with E-state index in [9.17, 15) is 14.4 Å². The van der Waals surface area contributed by atoms with Crippen LogP contribution < -0.4 is 10.6 Å². The lowest BCUT2D eigenvalue weighted by molar-refractivity contribution is -0.141. The Labute approximate surface area is 244 Å². The van der Waals surface area contributed by atoms with E-state index in [0.29, 0.717) is 30.6 Å². The van der Waals surface area contributed by atoms with Crippen LogP contribution in [0.2, 0.25) is 0 Å². The van der Waals surface area contributed by atoms with Crippen molar-refractivity contribution in [1.29, 1.82) is 0 Å². The molecule has 218 valence electrons. The van der Waals surface area contributed by atoms with Gasteiger partial charge in [0.1, 0.15) is 17.7 Å². The molecule has 0 fully saturated rings. The van der Waals surface area contributed by atoms with Gasteiger partial charge in [0.15, 0.2) is 0 Å². The number of benzene rings is 3. The van der Waals surface area contributed by atoms with Crippen molar-refractivity contribution in [1.82, 2.24) is 10.2 Å². The maximum Gasteiger partial charge on any atom is 0.408 e. The van der Waals surface area contributed by atoms with Gasteiger partial charge < -0.3 is 20.3 Å². The summed E-state index contributed by atoms with van der Waals surface area (Å²) in [6.45, 7) is 15.4. The second kappa shape index (κ2) is 14.0. The predicted octanol–water partition coefficient (Wildman–Crippen LogP) is 7.34. The maximum atomic E-state index is 14.2. The van der Waals surface area contributed by atoms with Gasteiger partial charge in [-0.1, -0.05) is 82.0 Å². The van der Waals surface area contributed by atoms with E-state index in [-0.39, 0.29) is 17.7 Å². The fourth-order valence-corrected chi connectivity index (χ4v) is 4.76. The number of alkyl carbamates (subject to hydrolysis) is 1. The quantitative estimate of drug-likeness (QED) is 0.258. The molecule has 0 radical (unpaired) electrons. The Morgan fingerprint density at radius 3 is 2.32 bits per heavy atom. The van der Waals surface area contributed by atoms with Gasteiger partial charge in [0.2, 0.25) is 5.91 Å². The van der Waals surface area contributed by atoms with Crippen LogP contribution in [0.4, 0.5) is 10.5 Å². The Kier molecular flexibility index (Phi) is 10.7. The highest BCUT2D eigenvalue weighted by atomic mass is 16.6. The van der Waals surface area contributed by atoms with Crippen molar-refractivity contribution < 1.29 is 19.1 Å². The zero-order valence-corrected chi connectivity index (χ0v) is 25.1. The molecular formula is C34H43N3O4. The molecule has 0 bridgehead atoms. The largest absolute Gasteiger partial charge is 0.444 e. The third-order valence-corrected chi connectivity index (χ3v) is 6.48. The van der Waals surface area contributed by atoms with Gasteiger partial charge in [-0.15, -0.1) is 0 Å². The number of ether oxygens (including phenoxy) is 1. The highest BCUT2D eigenvalue weighted by Crippen LogP contribution is 2.28. The molecule has 0 heterocycles. The molecule has 3 aromatic rings. The monoisotopic (exact) mass is 557 g/mol. The Morgan fingerprint density at radius 2 is 1.68 bits per heavy atom. The van der Waals surface area contributed by atoms with E-state index in [0.717, 1.165) is 16.3 Å². The topological polar surface area (TPSA) is 87.7 Å². The molecule has 0 aliphatic heterocycles. The average molecular weight is 558 g/mol. The predicted molar refractivity (Wildman–Crippen MR) is 166 cm³/mol. The number of anilines is 1. The van der Waals surface area contributed by atoms with Crippen LogP contribution >= 0.6 is 0 Å². The Hall–Kier alpha value is -4.13. The van der Waals surface area contributed by atoms with E-state index in [4.69, 9.17) is 4.74 Å². The first-order valence-corrected chi connectivity index (χ1v) is 14.2. The molecule has 0 aliphatic rings. The van der Waals surface area contributed by atoms with Crippen molar-refractivity contribution in [2.24, 2.45) is 5.92 Å². The highest BCUT2D eigenvalue weighted by Gasteiger charge is 2.36. The van der Waals surface area contributed by atoms with Crippen LogP contribution in [0.1, 0.15) is 71.6 Å². The van der Waals surface area contributed by atoms with Gasteiger partial charge in [-0.25, -0.2) is 4.79 Å². The molecule has 3 aromatic carbocycles. The molecule has 0 saturated carbocycles. The summed E-state index contributed by atoms with van der Waals surface area (Å²) in [5.41, 5.74) is 1.41. The van der Waals surface area contributed by atoms with Crippen molar-refractivity contribution in [3.8, 4) is 0 Å². The molecule has 3 amide bonds. The Bertz CT molecular complexity index is 1380. The third-order valence-electron chi connectivity index (χ3n) is 6.48. The molecule has 0 spiro atoms.